The molecule has 0 aromatic carbocycles. The summed E-state index contributed by atoms with van der Waals surface area (Å²) in [4.78, 5) is 0. The second kappa shape index (κ2) is 3.87. The Labute approximate surface area is 78.3 Å². The van der Waals surface area contributed by atoms with E-state index >= 15 is 0 Å². The molecule has 72 valence electrons. The van der Waals surface area contributed by atoms with Gasteiger partial charge in [-0.3, -0.25) is 0 Å². The Morgan fingerprint density at radius 1 is 1.69 bits per heavy atom. The van der Waals surface area contributed by atoms with E-state index in [1.165, 1.54) is 18.7 Å². The first-order valence-corrected chi connectivity index (χ1v) is 4.98. The molecule has 1 saturated heterocycles. The molecule has 1 aromatic rings. The van der Waals surface area contributed by atoms with Crippen LogP contribution in [0, 0.1) is 5.92 Å². The first-order chi connectivity index (χ1) is 6.40. The van der Waals surface area contributed by atoms with Gasteiger partial charge in [0.2, 0.25) is 0 Å². The van der Waals surface area contributed by atoms with Gasteiger partial charge in [0, 0.05) is 6.54 Å². The van der Waals surface area contributed by atoms with Crippen molar-refractivity contribution >= 4 is 0 Å². The molecule has 1 aromatic heterocycles. The average Bonchev–Trinajstić information content (AvgIpc) is 2.76. The van der Waals surface area contributed by atoms with E-state index < -0.39 is 0 Å². The molecule has 0 spiro atoms. The molecule has 4 heteroatoms. The summed E-state index contributed by atoms with van der Waals surface area (Å²) in [5.74, 6) is 0.781. The number of nitrogens with one attached hydrogen (secondary N) is 1. The molecule has 0 saturated carbocycles. The maximum Gasteiger partial charge on any atom is 0.0725 e. The molecule has 0 radical (unpaired) electrons. The van der Waals surface area contributed by atoms with Crippen molar-refractivity contribution in [2.24, 2.45) is 5.92 Å². The maximum atomic E-state index is 4.02. The highest BCUT2D eigenvalue weighted by atomic mass is 15.4. The smallest absolute Gasteiger partial charge is 0.0725 e. The molecule has 13 heavy (non-hydrogen) atoms. The Morgan fingerprint density at radius 3 is 3.31 bits per heavy atom. The van der Waals surface area contributed by atoms with Crippen LogP contribution in [0.1, 0.15) is 19.0 Å². The van der Waals surface area contributed by atoms with Crippen molar-refractivity contribution in [2.75, 3.05) is 13.1 Å². The Morgan fingerprint density at radius 2 is 2.62 bits per heavy atom. The zero-order valence-corrected chi connectivity index (χ0v) is 8.03. The van der Waals surface area contributed by atoms with Crippen LogP contribution in [0.15, 0.2) is 6.20 Å². The molecule has 1 aliphatic heterocycles. The topological polar surface area (TPSA) is 42.7 Å². The van der Waals surface area contributed by atoms with E-state index in [-0.39, 0.29) is 0 Å². The van der Waals surface area contributed by atoms with E-state index in [2.05, 4.69) is 22.6 Å². The summed E-state index contributed by atoms with van der Waals surface area (Å²) in [5.41, 5.74) is 1.27. The molecule has 1 N–H and O–H groups in total. The zero-order valence-electron chi connectivity index (χ0n) is 8.03. The molecule has 0 amide bonds. The largest absolute Gasteiger partial charge is 0.316 e. The summed E-state index contributed by atoms with van der Waals surface area (Å²) in [5, 5.41) is 11.3. The van der Waals surface area contributed by atoms with Crippen LogP contribution in [0.2, 0.25) is 0 Å². The summed E-state index contributed by atoms with van der Waals surface area (Å²) in [6, 6.07) is 0. The van der Waals surface area contributed by atoms with Crippen LogP contribution in [-0.4, -0.2) is 28.1 Å². The highest BCUT2D eigenvalue weighted by Crippen LogP contribution is 2.13. The third-order valence-electron chi connectivity index (χ3n) is 2.66. The SMILES string of the molecule is CCn1nncc1CC1CCNC1. The van der Waals surface area contributed by atoms with Crippen molar-refractivity contribution in [3.8, 4) is 0 Å². The summed E-state index contributed by atoms with van der Waals surface area (Å²) in [6.45, 7) is 5.34. The Balaban J connectivity index is 1.99. The van der Waals surface area contributed by atoms with Gasteiger partial charge in [0.15, 0.2) is 0 Å². The predicted octanol–water partition coefficient (Wildman–Crippen LogP) is 0.450. The molecule has 0 aliphatic carbocycles. The van der Waals surface area contributed by atoms with E-state index in [9.17, 15) is 0 Å². The van der Waals surface area contributed by atoms with Crippen molar-refractivity contribution in [1.29, 1.82) is 0 Å². The quantitative estimate of drug-likeness (QED) is 0.734. The third kappa shape index (κ3) is 1.88. The van der Waals surface area contributed by atoms with Crippen LogP contribution in [0.3, 0.4) is 0 Å². The van der Waals surface area contributed by atoms with Crippen molar-refractivity contribution in [2.45, 2.75) is 26.3 Å². The first-order valence-electron chi connectivity index (χ1n) is 4.98. The summed E-state index contributed by atoms with van der Waals surface area (Å²) in [6.07, 6.45) is 4.30. The fourth-order valence-corrected chi connectivity index (χ4v) is 1.89. The minimum atomic E-state index is 0.781. The minimum absolute atomic E-state index is 0.781. The number of aromatic nitrogens is 3. The van der Waals surface area contributed by atoms with E-state index in [0.29, 0.717) is 0 Å². The number of nitrogens with zero attached hydrogens (tertiary/aromatic N) is 3. The van der Waals surface area contributed by atoms with Gasteiger partial charge >= 0.3 is 0 Å². The van der Waals surface area contributed by atoms with Crippen LogP contribution in [0.4, 0.5) is 0 Å². The molecular formula is C9H16N4. The lowest BCUT2D eigenvalue weighted by Crippen LogP contribution is -2.13. The van der Waals surface area contributed by atoms with E-state index in [0.717, 1.165) is 25.4 Å². The summed E-state index contributed by atoms with van der Waals surface area (Å²) < 4.78 is 1.98. The van der Waals surface area contributed by atoms with Gasteiger partial charge in [-0.2, -0.15) is 0 Å². The molecule has 2 rings (SSSR count). The Bertz CT molecular complexity index is 262. The van der Waals surface area contributed by atoms with E-state index in [1.54, 1.807) is 0 Å². The van der Waals surface area contributed by atoms with Gasteiger partial charge in [0.05, 0.1) is 11.9 Å². The van der Waals surface area contributed by atoms with Crippen molar-refractivity contribution in [3.63, 3.8) is 0 Å². The van der Waals surface area contributed by atoms with E-state index in [1.807, 2.05) is 10.9 Å². The van der Waals surface area contributed by atoms with Gasteiger partial charge in [-0.25, -0.2) is 4.68 Å². The van der Waals surface area contributed by atoms with E-state index in [4.69, 9.17) is 0 Å². The number of hydrogen-bond acceptors (Lipinski definition) is 3. The molecule has 2 heterocycles. The minimum Gasteiger partial charge on any atom is -0.316 e. The monoisotopic (exact) mass is 180 g/mol. The Kier molecular flexibility index (Phi) is 2.59. The van der Waals surface area contributed by atoms with Gasteiger partial charge in [-0.1, -0.05) is 5.21 Å². The standard InChI is InChI=1S/C9H16N4/c1-2-13-9(7-11-12-13)5-8-3-4-10-6-8/h7-8,10H,2-6H2,1H3. The second-order valence-corrected chi connectivity index (χ2v) is 3.60. The van der Waals surface area contributed by atoms with Crippen LogP contribution in [0.25, 0.3) is 0 Å². The van der Waals surface area contributed by atoms with Gasteiger partial charge < -0.3 is 5.32 Å². The average molecular weight is 180 g/mol. The maximum absolute atomic E-state index is 4.02. The summed E-state index contributed by atoms with van der Waals surface area (Å²) >= 11 is 0. The molecule has 1 aliphatic rings. The lowest BCUT2D eigenvalue weighted by molar-refractivity contribution is 0.525. The summed E-state index contributed by atoms with van der Waals surface area (Å²) in [7, 11) is 0. The number of rotatable bonds is 3. The lowest BCUT2D eigenvalue weighted by atomic mass is 10.0. The molecular weight excluding hydrogens is 164 g/mol. The fourth-order valence-electron chi connectivity index (χ4n) is 1.89. The van der Waals surface area contributed by atoms with Crippen molar-refractivity contribution in [1.82, 2.24) is 20.3 Å². The highest BCUT2D eigenvalue weighted by Gasteiger charge is 2.16. The van der Waals surface area contributed by atoms with Crippen molar-refractivity contribution in [3.05, 3.63) is 11.9 Å². The molecule has 1 unspecified atom stereocenters. The number of aryl methyl sites for hydroxylation is 1. The molecule has 0 bridgehead atoms. The normalized spacial score (nSPS) is 22.4. The van der Waals surface area contributed by atoms with Gasteiger partial charge in [0.25, 0.3) is 0 Å². The Hall–Kier alpha value is -0.900. The highest BCUT2D eigenvalue weighted by molar-refractivity contribution is 4.97. The third-order valence-corrected chi connectivity index (χ3v) is 2.66. The molecule has 4 nitrogen and oxygen atoms in total. The first kappa shape index (κ1) is 8.69. The van der Waals surface area contributed by atoms with Gasteiger partial charge in [0.1, 0.15) is 0 Å². The predicted molar refractivity (Wildman–Crippen MR) is 50.4 cm³/mol. The molecule has 1 fully saturated rings. The van der Waals surface area contributed by atoms with Crippen LogP contribution < -0.4 is 5.32 Å². The van der Waals surface area contributed by atoms with Crippen LogP contribution in [0.5, 0.6) is 0 Å². The van der Waals surface area contributed by atoms with Crippen molar-refractivity contribution < 1.29 is 0 Å². The van der Waals surface area contributed by atoms with Crippen LogP contribution >= 0.6 is 0 Å². The lowest BCUT2D eigenvalue weighted by Gasteiger charge is -2.07. The van der Waals surface area contributed by atoms with Crippen LogP contribution in [-0.2, 0) is 13.0 Å². The van der Waals surface area contributed by atoms with Gasteiger partial charge in [-0.05, 0) is 38.8 Å². The second-order valence-electron chi connectivity index (χ2n) is 3.60. The molecule has 1 atom stereocenters. The zero-order chi connectivity index (χ0) is 9.10. The fraction of sp³-hybridized carbons (Fsp3) is 0.778. The van der Waals surface area contributed by atoms with Gasteiger partial charge in [-0.15, -0.1) is 5.10 Å². The number of hydrogen-bond donors (Lipinski definition) is 1.